The Morgan fingerprint density at radius 2 is 2.21 bits per heavy atom. The molecule has 0 saturated carbocycles. The Balaban J connectivity index is 3.03. The summed E-state index contributed by atoms with van der Waals surface area (Å²) in [5, 5.41) is 17.8. The Bertz CT molecular complexity index is 373. The molecule has 1 rings (SSSR count). The minimum absolute atomic E-state index is 0.0778. The van der Waals surface area contributed by atoms with Crippen molar-refractivity contribution in [2.75, 3.05) is 6.61 Å². The van der Waals surface area contributed by atoms with Crippen molar-refractivity contribution < 1.29 is 10.2 Å². The van der Waals surface area contributed by atoms with Crippen molar-refractivity contribution in [3.05, 3.63) is 27.9 Å². The Labute approximate surface area is 81.7 Å². The van der Waals surface area contributed by atoms with E-state index in [1.807, 2.05) is 0 Å². The van der Waals surface area contributed by atoms with Gasteiger partial charge in [-0.3, -0.25) is 4.57 Å². The lowest BCUT2D eigenvalue weighted by Crippen LogP contribution is -2.31. The molecule has 0 aliphatic heterocycles. The van der Waals surface area contributed by atoms with Gasteiger partial charge in [0.15, 0.2) is 0 Å². The molecule has 2 N–H and O–H groups in total. The number of rotatable bonds is 3. The summed E-state index contributed by atoms with van der Waals surface area (Å²) in [5.41, 5.74) is 0.993. The highest BCUT2D eigenvalue weighted by Gasteiger charge is 2.08. The van der Waals surface area contributed by atoms with E-state index in [4.69, 9.17) is 5.11 Å². The van der Waals surface area contributed by atoms with Crippen LogP contribution in [0.1, 0.15) is 11.4 Å². The molecule has 0 spiro atoms. The van der Waals surface area contributed by atoms with Crippen LogP contribution in [-0.2, 0) is 6.54 Å². The lowest BCUT2D eigenvalue weighted by molar-refractivity contribution is 0.0795. The molecule has 0 radical (unpaired) electrons. The summed E-state index contributed by atoms with van der Waals surface area (Å²) in [6.07, 6.45) is -0.920. The van der Waals surface area contributed by atoms with Gasteiger partial charge in [-0.1, -0.05) is 0 Å². The van der Waals surface area contributed by atoms with Crippen LogP contribution < -0.4 is 5.69 Å². The monoisotopic (exact) mass is 198 g/mol. The average molecular weight is 198 g/mol. The first-order valence-corrected chi connectivity index (χ1v) is 4.38. The van der Waals surface area contributed by atoms with E-state index in [0.717, 1.165) is 5.69 Å². The molecule has 1 atom stereocenters. The smallest absolute Gasteiger partial charge is 0.348 e. The summed E-state index contributed by atoms with van der Waals surface area (Å²) in [7, 11) is 0. The van der Waals surface area contributed by atoms with Crippen molar-refractivity contribution in [1.29, 1.82) is 0 Å². The summed E-state index contributed by atoms with van der Waals surface area (Å²) in [4.78, 5) is 15.1. The zero-order valence-corrected chi connectivity index (χ0v) is 8.27. The number of nitrogens with zero attached hydrogens (tertiary/aromatic N) is 2. The maximum atomic E-state index is 11.4. The topological polar surface area (TPSA) is 75.3 Å². The fraction of sp³-hybridized carbons (Fsp3) is 0.556. The Morgan fingerprint density at radius 3 is 2.71 bits per heavy atom. The molecule has 1 aromatic heterocycles. The highest BCUT2D eigenvalue weighted by atomic mass is 16.3. The van der Waals surface area contributed by atoms with E-state index in [9.17, 15) is 9.90 Å². The number of hydrogen-bond acceptors (Lipinski definition) is 4. The van der Waals surface area contributed by atoms with E-state index < -0.39 is 11.8 Å². The molecule has 0 aromatic carbocycles. The molecule has 14 heavy (non-hydrogen) atoms. The molecule has 0 unspecified atom stereocenters. The van der Waals surface area contributed by atoms with Crippen LogP contribution >= 0.6 is 0 Å². The van der Waals surface area contributed by atoms with Crippen LogP contribution in [0.15, 0.2) is 10.9 Å². The van der Waals surface area contributed by atoms with E-state index in [1.54, 1.807) is 19.9 Å². The first kappa shape index (κ1) is 10.9. The number of aliphatic hydroxyl groups excluding tert-OH is 2. The molecule has 0 aliphatic rings. The van der Waals surface area contributed by atoms with Gasteiger partial charge in [0.2, 0.25) is 0 Å². The second-order valence-corrected chi connectivity index (χ2v) is 3.27. The van der Waals surface area contributed by atoms with Gasteiger partial charge in [0.25, 0.3) is 0 Å². The first-order valence-electron chi connectivity index (χ1n) is 4.38. The Kier molecular flexibility index (Phi) is 3.38. The molecular formula is C9H14N2O3. The fourth-order valence-corrected chi connectivity index (χ4v) is 1.27. The SMILES string of the molecule is Cc1cc(C)n(C[C@H](O)CO)c(=O)n1. The molecule has 5 nitrogen and oxygen atoms in total. The third-order valence-electron chi connectivity index (χ3n) is 1.95. The lowest BCUT2D eigenvalue weighted by Gasteiger charge is -2.12. The third kappa shape index (κ3) is 2.40. The first-order chi connectivity index (χ1) is 6.54. The number of aromatic nitrogens is 2. The molecule has 1 aromatic rings. The summed E-state index contributed by atoms with van der Waals surface area (Å²) in [6, 6.07) is 1.76. The zero-order valence-electron chi connectivity index (χ0n) is 8.27. The van der Waals surface area contributed by atoms with Crippen LogP contribution in [0.4, 0.5) is 0 Å². The van der Waals surface area contributed by atoms with Crippen LogP contribution in [0.3, 0.4) is 0 Å². The Hall–Kier alpha value is -1.20. The van der Waals surface area contributed by atoms with E-state index in [0.29, 0.717) is 5.69 Å². The van der Waals surface area contributed by atoms with E-state index in [-0.39, 0.29) is 13.2 Å². The summed E-state index contributed by atoms with van der Waals surface area (Å²) in [5.74, 6) is 0. The van der Waals surface area contributed by atoms with Crippen molar-refractivity contribution in [2.24, 2.45) is 0 Å². The average Bonchev–Trinajstić information content (AvgIpc) is 2.10. The summed E-state index contributed by atoms with van der Waals surface area (Å²) >= 11 is 0. The predicted octanol–water partition coefficient (Wildman–Crippen LogP) is -0.787. The van der Waals surface area contributed by atoms with Crippen molar-refractivity contribution in [3.8, 4) is 0 Å². The predicted molar refractivity (Wildman–Crippen MR) is 51.1 cm³/mol. The molecule has 0 aliphatic carbocycles. The molecular weight excluding hydrogens is 184 g/mol. The van der Waals surface area contributed by atoms with Gasteiger partial charge in [-0.05, 0) is 19.9 Å². The van der Waals surface area contributed by atoms with Gasteiger partial charge in [0.1, 0.15) is 0 Å². The van der Waals surface area contributed by atoms with Gasteiger partial charge >= 0.3 is 5.69 Å². The standard InChI is InChI=1S/C9H14N2O3/c1-6-3-7(2)11(9(14)10-6)4-8(13)5-12/h3,8,12-13H,4-5H2,1-2H3/t8-/m0/s1. The molecule has 1 heterocycles. The highest BCUT2D eigenvalue weighted by Crippen LogP contribution is 1.98. The van der Waals surface area contributed by atoms with Crippen molar-refractivity contribution in [1.82, 2.24) is 9.55 Å². The normalized spacial score (nSPS) is 12.9. The van der Waals surface area contributed by atoms with Crippen molar-refractivity contribution in [3.63, 3.8) is 0 Å². The molecule has 78 valence electrons. The van der Waals surface area contributed by atoms with Gasteiger partial charge in [-0.15, -0.1) is 0 Å². The van der Waals surface area contributed by atoms with Gasteiger partial charge in [0, 0.05) is 11.4 Å². The molecule has 0 fully saturated rings. The van der Waals surface area contributed by atoms with Crippen LogP contribution in [0, 0.1) is 13.8 Å². The van der Waals surface area contributed by atoms with Gasteiger partial charge in [-0.2, -0.15) is 4.98 Å². The minimum atomic E-state index is -0.920. The van der Waals surface area contributed by atoms with E-state index in [2.05, 4.69) is 4.98 Å². The van der Waals surface area contributed by atoms with E-state index in [1.165, 1.54) is 4.57 Å². The number of aryl methyl sites for hydroxylation is 2. The quantitative estimate of drug-likeness (QED) is 0.667. The van der Waals surface area contributed by atoms with Crippen molar-refractivity contribution in [2.45, 2.75) is 26.5 Å². The molecule has 5 heteroatoms. The van der Waals surface area contributed by atoms with Gasteiger partial charge in [-0.25, -0.2) is 4.79 Å². The van der Waals surface area contributed by atoms with Crippen LogP contribution in [0.2, 0.25) is 0 Å². The van der Waals surface area contributed by atoms with E-state index >= 15 is 0 Å². The summed E-state index contributed by atoms with van der Waals surface area (Å²) in [6.45, 7) is 3.22. The zero-order chi connectivity index (χ0) is 10.7. The van der Waals surface area contributed by atoms with Crippen molar-refractivity contribution >= 4 is 0 Å². The van der Waals surface area contributed by atoms with Crippen LogP contribution in [0.5, 0.6) is 0 Å². The second kappa shape index (κ2) is 4.34. The maximum Gasteiger partial charge on any atom is 0.348 e. The van der Waals surface area contributed by atoms with Gasteiger partial charge in [0.05, 0.1) is 19.3 Å². The number of hydrogen-bond donors (Lipinski definition) is 2. The van der Waals surface area contributed by atoms with Crippen LogP contribution in [0.25, 0.3) is 0 Å². The highest BCUT2D eigenvalue weighted by molar-refractivity contribution is 5.06. The minimum Gasteiger partial charge on any atom is -0.394 e. The van der Waals surface area contributed by atoms with Crippen LogP contribution in [-0.4, -0.2) is 32.5 Å². The largest absolute Gasteiger partial charge is 0.394 e. The second-order valence-electron chi connectivity index (χ2n) is 3.27. The lowest BCUT2D eigenvalue weighted by atomic mass is 10.3. The third-order valence-corrected chi connectivity index (χ3v) is 1.95. The Morgan fingerprint density at radius 1 is 1.57 bits per heavy atom. The molecule has 0 saturated heterocycles. The summed E-state index contributed by atoms with van der Waals surface area (Å²) < 4.78 is 1.34. The fourth-order valence-electron chi connectivity index (χ4n) is 1.27. The number of aliphatic hydroxyl groups is 2. The molecule has 0 bridgehead atoms. The maximum absolute atomic E-state index is 11.4. The van der Waals surface area contributed by atoms with Gasteiger partial charge < -0.3 is 10.2 Å². The molecule has 0 amide bonds.